The number of furan rings is 1. The zero-order valence-corrected chi connectivity index (χ0v) is 16.1. The molecular weight excluding hydrogens is 376 g/mol. The molecule has 0 radical (unpaired) electrons. The first-order valence-corrected chi connectivity index (χ1v) is 11.0. The van der Waals surface area contributed by atoms with E-state index in [4.69, 9.17) is 16.0 Å². The second kappa shape index (κ2) is 6.55. The third kappa shape index (κ3) is 3.23. The van der Waals surface area contributed by atoms with Gasteiger partial charge in [0, 0.05) is 48.2 Å². The molecule has 4 rings (SSSR count). The highest BCUT2D eigenvalue weighted by molar-refractivity contribution is 7.91. The quantitative estimate of drug-likeness (QED) is 0.779. The normalized spacial score (nSPS) is 23.6. The Bertz CT molecular complexity index is 961. The molecule has 0 spiro atoms. The van der Waals surface area contributed by atoms with Crippen LogP contribution in [0.4, 0.5) is 0 Å². The molecule has 2 fully saturated rings. The number of carbonyl (C=O) groups is 1. The van der Waals surface area contributed by atoms with Crippen LogP contribution in [-0.2, 0) is 9.84 Å². The van der Waals surface area contributed by atoms with Gasteiger partial charge in [-0.1, -0.05) is 11.6 Å². The number of fused-ring (bicyclic) bond motifs is 1. The van der Waals surface area contributed by atoms with Gasteiger partial charge >= 0.3 is 0 Å². The average Bonchev–Trinajstić information content (AvgIpc) is 3.14. The molecular formula is C18H21ClN2O4S. The summed E-state index contributed by atoms with van der Waals surface area (Å²) in [5.41, 5.74) is 1.46. The molecule has 140 valence electrons. The van der Waals surface area contributed by atoms with E-state index in [1.54, 1.807) is 17.0 Å². The van der Waals surface area contributed by atoms with Crippen LogP contribution in [0, 0.1) is 6.92 Å². The Balaban J connectivity index is 1.46. The molecule has 0 bridgehead atoms. The highest BCUT2D eigenvalue weighted by Crippen LogP contribution is 2.29. The summed E-state index contributed by atoms with van der Waals surface area (Å²) in [6, 6.07) is 5.42. The first-order valence-electron chi connectivity index (χ1n) is 8.76. The first-order chi connectivity index (χ1) is 12.3. The summed E-state index contributed by atoms with van der Waals surface area (Å²) >= 11 is 6.04. The number of carbonyl (C=O) groups excluding carboxylic acids is 1. The van der Waals surface area contributed by atoms with E-state index in [1.165, 1.54) is 0 Å². The highest BCUT2D eigenvalue weighted by Gasteiger charge is 2.35. The third-order valence-corrected chi connectivity index (χ3v) is 7.40. The van der Waals surface area contributed by atoms with Crippen molar-refractivity contribution in [2.75, 3.05) is 37.7 Å². The molecule has 26 heavy (non-hydrogen) atoms. The Hall–Kier alpha value is -1.57. The number of nitrogens with zero attached hydrogens (tertiary/aromatic N) is 2. The monoisotopic (exact) mass is 396 g/mol. The predicted molar refractivity (Wildman–Crippen MR) is 100 cm³/mol. The number of aryl methyl sites for hydroxylation is 1. The molecule has 1 unspecified atom stereocenters. The van der Waals surface area contributed by atoms with Crippen LogP contribution < -0.4 is 0 Å². The van der Waals surface area contributed by atoms with E-state index in [2.05, 4.69) is 4.90 Å². The van der Waals surface area contributed by atoms with Gasteiger partial charge in [0.05, 0.1) is 11.5 Å². The van der Waals surface area contributed by atoms with Crippen molar-refractivity contribution >= 4 is 38.3 Å². The van der Waals surface area contributed by atoms with Crippen molar-refractivity contribution in [3.8, 4) is 0 Å². The van der Waals surface area contributed by atoms with Crippen LogP contribution in [-0.4, -0.2) is 67.9 Å². The van der Waals surface area contributed by atoms with E-state index in [0.717, 1.165) is 10.9 Å². The minimum atomic E-state index is -2.89. The van der Waals surface area contributed by atoms with Crippen molar-refractivity contribution in [2.24, 2.45) is 0 Å². The summed E-state index contributed by atoms with van der Waals surface area (Å²) in [7, 11) is -2.89. The molecule has 1 amide bonds. The van der Waals surface area contributed by atoms with Gasteiger partial charge in [0.15, 0.2) is 15.6 Å². The molecule has 0 saturated carbocycles. The topological polar surface area (TPSA) is 70.8 Å². The number of sulfone groups is 1. The van der Waals surface area contributed by atoms with Gasteiger partial charge in [0.25, 0.3) is 5.91 Å². The van der Waals surface area contributed by atoms with Gasteiger partial charge in [-0.3, -0.25) is 9.69 Å². The molecule has 2 aliphatic heterocycles. The maximum Gasteiger partial charge on any atom is 0.289 e. The Morgan fingerprint density at radius 3 is 2.62 bits per heavy atom. The number of hydrogen-bond acceptors (Lipinski definition) is 5. The molecule has 6 nitrogen and oxygen atoms in total. The number of halogens is 1. The average molecular weight is 397 g/mol. The Morgan fingerprint density at radius 1 is 1.23 bits per heavy atom. The summed E-state index contributed by atoms with van der Waals surface area (Å²) < 4.78 is 29.1. The SMILES string of the molecule is Cc1c(C(=O)N2CCN(C3CCS(=O)(=O)C3)CC2)oc2ccc(Cl)cc12. The summed E-state index contributed by atoms with van der Waals surface area (Å²) in [4.78, 5) is 16.9. The van der Waals surface area contributed by atoms with E-state index in [0.29, 0.717) is 49.0 Å². The smallest absolute Gasteiger partial charge is 0.289 e. The van der Waals surface area contributed by atoms with Crippen LogP contribution in [0.5, 0.6) is 0 Å². The van der Waals surface area contributed by atoms with Crippen LogP contribution in [0.25, 0.3) is 11.0 Å². The van der Waals surface area contributed by atoms with Crippen LogP contribution in [0.3, 0.4) is 0 Å². The van der Waals surface area contributed by atoms with E-state index in [1.807, 2.05) is 13.0 Å². The lowest BCUT2D eigenvalue weighted by Crippen LogP contribution is -2.52. The van der Waals surface area contributed by atoms with Gasteiger partial charge in [-0.15, -0.1) is 0 Å². The third-order valence-electron chi connectivity index (χ3n) is 5.42. The van der Waals surface area contributed by atoms with Crippen LogP contribution in [0.2, 0.25) is 5.02 Å². The van der Waals surface area contributed by atoms with Crippen molar-refractivity contribution in [3.63, 3.8) is 0 Å². The van der Waals surface area contributed by atoms with Crippen molar-refractivity contribution < 1.29 is 17.6 Å². The van der Waals surface area contributed by atoms with Gasteiger partial charge in [0.2, 0.25) is 0 Å². The zero-order chi connectivity index (χ0) is 18.5. The minimum Gasteiger partial charge on any atom is -0.451 e. The van der Waals surface area contributed by atoms with Gasteiger partial charge in [0.1, 0.15) is 5.58 Å². The van der Waals surface area contributed by atoms with Gasteiger partial charge in [-0.05, 0) is 31.5 Å². The Labute approximate surface area is 157 Å². The molecule has 1 aromatic heterocycles. The zero-order valence-electron chi connectivity index (χ0n) is 14.6. The lowest BCUT2D eigenvalue weighted by atomic mass is 10.1. The lowest BCUT2D eigenvalue weighted by Gasteiger charge is -2.37. The summed E-state index contributed by atoms with van der Waals surface area (Å²) in [5.74, 6) is 0.759. The summed E-state index contributed by atoms with van der Waals surface area (Å²) in [6.45, 7) is 4.41. The molecule has 2 saturated heterocycles. The summed E-state index contributed by atoms with van der Waals surface area (Å²) in [6.07, 6.45) is 0.694. The maximum absolute atomic E-state index is 12.9. The highest BCUT2D eigenvalue weighted by atomic mass is 35.5. The molecule has 1 aromatic carbocycles. The number of rotatable bonds is 2. The van der Waals surface area contributed by atoms with Gasteiger partial charge < -0.3 is 9.32 Å². The van der Waals surface area contributed by atoms with E-state index in [9.17, 15) is 13.2 Å². The fourth-order valence-corrected chi connectivity index (χ4v) is 5.83. The number of amides is 1. The van der Waals surface area contributed by atoms with Crippen LogP contribution in [0.1, 0.15) is 22.5 Å². The molecule has 3 heterocycles. The van der Waals surface area contributed by atoms with E-state index < -0.39 is 9.84 Å². The van der Waals surface area contributed by atoms with Crippen molar-refractivity contribution in [3.05, 3.63) is 34.5 Å². The molecule has 8 heteroatoms. The number of benzene rings is 1. The van der Waals surface area contributed by atoms with Crippen molar-refractivity contribution in [1.82, 2.24) is 9.80 Å². The lowest BCUT2D eigenvalue weighted by molar-refractivity contribution is 0.0560. The fourth-order valence-electron chi connectivity index (χ4n) is 3.89. The minimum absolute atomic E-state index is 0.0901. The van der Waals surface area contributed by atoms with Crippen LogP contribution >= 0.6 is 11.6 Å². The molecule has 1 atom stereocenters. The molecule has 0 N–H and O–H groups in total. The van der Waals surface area contributed by atoms with E-state index >= 15 is 0 Å². The van der Waals surface area contributed by atoms with Gasteiger partial charge in [-0.25, -0.2) is 8.42 Å². The van der Waals surface area contributed by atoms with Crippen LogP contribution in [0.15, 0.2) is 22.6 Å². The van der Waals surface area contributed by atoms with Gasteiger partial charge in [-0.2, -0.15) is 0 Å². The number of piperazine rings is 1. The molecule has 2 aromatic rings. The second-order valence-electron chi connectivity index (χ2n) is 7.08. The Kier molecular flexibility index (Phi) is 4.49. The summed E-state index contributed by atoms with van der Waals surface area (Å²) in [5, 5.41) is 1.47. The molecule has 0 aliphatic carbocycles. The van der Waals surface area contributed by atoms with Crippen molar-refractivity contribution in [1.29, 1.82) is 0 Å². The van der Waals surface area contributed by atoms with Crippen molar-refractivity contribution in [2.45, 2.75) is 19.4 Å². The maximum atomic E-state index is 12.9. The molecule has 2 aliphatic rings. The fraction of sp³-hybridized carbons (Fsp3) is 0.500. The Morgan fingerprint density at radius 2 is 1.96 bits per heavy atom. The largest absolute Gasteiger partial charge is 0.451 e. The number of hydrogen-bond donors (Lipinski definition) is 0. The second-order valence-corrected chi connectivity index (χ2v) is 9.75. The predicted octanol–water partition coefficient (Wildman–Crippen LogP) is 2.34. The first kappa shape index (κ1) is 17.8. The van der Waals surface area contributed by atoms with E-state index in [-0.39, 0.29) is 23.5 Å². The standard InChI is InChI=1S/C18H21ClN2O4S/c1-12-15-10-13(19)2-3-16(15)25-17(12)18(22)21-7-5-20(6-8-21)14-4-9-26(23,24)11-14/h2-3,10,14H,4-9,11H2,1H3.